The molecule has 0 fully saturated rings. The van der Waals surface area contributed by atoms with E-state index >= 15 is 0 Å². The Labute approximate surface area is 77.1 Å². The number of primary amides is 1. The molecule has 0 aromatic carbocycles. The maximum atomic E-state index is 10.9. The standard InChI is InChI=1S/C9H15NO3/c10-9(13)7-3-1-2-6(7)8(12)4-5-11/h8,11-12H,1-5H2,(H2,10,13)/t8-/m1/s1. The van der Waals surface area contributed by atoms with Gasteiger partial charge < -0.3 is 15.9 Å². The lowest BCUT2D eigenvalue weighted by atomic mass is 10.0. The summed E-state index contributed by atoms with van der Waals surface area (Å²) < 4.78 is 0. The van der Waals surface area contributed by atoms with Crippen molar-refractivity contribution in [1.29, 1.82) is 0 Å². The van der Waals surface area contributed by atoms with E-state index in [-0.39, 0.29) is 13.0 Å². The summed E-state index contributed by atoms with van der Waals surface area (Å²) in [6.07, 6.45) is 1.84. The van der Waals surface area contributed by atoms with Gasteiger partial charge >= 0.3 is 0 Å². The van der Waals surface area contributed by atoms with Crippen LogP contribution in [0.15, 0.2) is 11.1 Å². The minimum atomic E-state index is -0.699. The van der Waals surface area contributed by atoms with Crippen LogP contribution in [0.4, 0.5) is 0 Å². The molecule has 0 saturated heterocycles. The van der Waals surface area contributed by atoms with Gasteiger partial charge in [0.1, 0.15) is 0 Å². The highest BCUT2D eigenvalue weighted by molar-refractivity contribution is 5.93. The molecule has 0 unspecified atom stereocenters. The molecule has 0 bridgehead atoms. The molecule has 1 amide bonds. The predicted molar refractivity (Wildman–Crippen MR) is 47.8 cm³/mol. The van der Waals surface area contributed by atoms with Gasteiger partial charge in [0.2, 0.25) is 5.91 Å². The van der Waals surface area contributed by atoms with Crippen LogP contribution < -0.4 is 5.73 Å². The van der Waals surface area contributed by atoms with Crippen LogP contribution in [0.5, 0.6) is 0 Å². The number of aliphatic hydroxyl groups is 2. The topological polar surface area (TPSA) is 83.6 Å². The maximum absolute atomic E-state index is 10.9. The minimum Gasteiger partial charge on any atom is -0.396 e. The Balaban J connectivity index is 2.74. The summed E-state index contributed by atoms with van der Waals surface area (Å²) in [4.78, 5) is 10.9. The minimum absolute atomic E-state index is 0.0727. The fourth-order valence-electron chi connectivity index (χ4n) is 1.71. The number of nitrogens with two attached hydrogens (primary N) is 1. The molecule has 0 aromatic heterocycles. The number of hydrogen-bond donors (Lipinski definition) is 3. The van der Waals surface area contributed by atoms with Gasteiger partial charge in [-0.3, -0.25) is 4.79 Å². The fraction of sp³-hybridized carbons (Fsp3) is 0.667. The molecular formula is C9H15NO3. The lowest BCUT2D eigenvalue weighted by Gasteiger charge is -2.11. The molecule has 4 nitrogen and oxygen atoms in total. The third-order valence-electron chi connectivity index (χ3n) is 2.36. The summed E-state index contributed by atoms with van der Waals surface area (Å²) in [5, 5.41) is 18.2. The molecule has 0 spiro atoms. The second kappa shape index (κ2) is 4.39. The number of amides is 1. The van der Waals surface area contributed by atoms with Crippen molar-refractivity contribution in [2.45, 2.75) is 31.8 Å². The molecule has 4 heteroatoms. The van der Waals surface area contributed by atoms with E-state index in [1.807, 2.05) is 0 Å². The van der Waals surface area contributed by atoms with Gasteiger partial charge in [-0.25, -0.2) is 0 Å². The Kier molecular flexibility index (Phi) is 3.45. The van der Waals surface area contributed by atoms with E-state index in [0.717, 1.165) is 18.4 Å². The van der Waals surface area contributed by atoms with E-state index in [4.69, 9.17) is 10.8 Å². The molecule has 1 aliphatic carbocycles. The van der Waals surface area contributed by atoms with Gasteiger partial charge in [-0.05, 0) is 24.8 Å². The molecule has 4 N–H and O–H groups in total. The van der Waals surface area contributed by atoms with Gasteiger partial charge in [0, 0.05) is 18.6 Å². The molecule has 0 heterocycles. The first-order valence-corrected chi connectivity index (χ1v) is 4.47. The van der Waals surface area contributed by atoms with Crippen LogP contribution >= 0.6 is 0 Å². The zero-order valence-electron chi connectivity index (χ0n) is 7.49. The highest BCUT2D eigenvalue weighted by Gasteiger charge is 2.23. The summed E-state index contributed by atoms with van der Waals surface area (Å²) in [5.74, 6) is -0.440. The smallest absolute Gasteiger partial charge is 0.244 e. The Hall–Kier alpha value is -0.870. The zero-order chi connectivity index (χ0) is 9.84. The van der Waals surface area contributed by atoms with Crippen LogP contribution in [0.1, 0.15) is 25.7 Å². The molecule has 1 atom stereocenters. The van der Waals surface area contributed by atoms with Crippen LogP contribution in [0.2, 0.25) is 0 Å². The van der Waals surface area contributed by atoms with Gasteiger partial charge in [-0.1, -0.05) is 0 Å². The van der Waals surface area contributed by atoms with Crippen molar-refractivity contribution in [2.24, 2.45) is 5.73 Å². The Morgan fingerprint density at radius 3 is 2.77 bits per heavy atom. The molecule has 0 aliphatic heterocycles. The van der Waals surface area contributed by atoms with Crippen molar-refractivity contribution in [2.75, 3.05) is 6.61 Å². The van der Waals surface area contributed by atoms with Gasteiger partial charge in [-0.15, -0.1) is 0 Å². The summed E-state index contributed by atoms with van der Waals surface area (Å²) in [6.45, 7) is -0.0727. The molecule has 1 aliphatic rings. The van der Waals surface area contributed by atoms with Crippen LogP contribution in [0.25, 0.3) is 0 Å². The van der Waals surface area contributed by atoms with E-state index in [2.05, 4.69) is 0 Å². The van der Waals surface area contributed by atoms with Crippen molar-refractivity contribution >= 4 is 5.91 Å². The van der Waals surface area contributed by atoms with E-state index in [1.54, 1.807) is 0 Å². The highest BCUT2D eigenvalue weighted by Crippen LogP contribution is 2.29. The second-order valence-electron chi connectivity index (χ2n) is 3.25. The largest absolute Gasteiger partial charge is 0.396 e. The Morgan fingerprint density at radius 2 is 2.23 bits per heavy atom. The fourth-order valence-corrected chi connectivity index (χ4v) is 1.71. The normalized spacial score (nSPS) is 19.2. The summed E-state index contributed by atoms with van der Waals surface area (Å²) in [5.41, 5.74) is 6.43. The van der Waals surface area contributed by atoms with Crippen LogP contribution in [0.3, 0.4) is 0 Å². The average Bonchev–Trinajstić information content (AvgIpc) is 2.52. The summed E-state index contributed by atoms with van der Waals surface area (Å²) >= 11 is 0. The van der Waals surface area contributed by atoms with Gasteiger partial charge in [0.25, 0.3) is 0 Å². The molecule has 13 heavy (non-hydrogen) atoms. The Bertz CT molecular complexity index is 235. The highest BCUT2D eigenvalue weighted by atomic mass is 16.3. The zero-order valence-corrected chi connectivity index (χ0v) is 7.49. The first-order chi connectivity index (χ1) is 6.16. The maximum Gasteiger partial charge on any atom is 0.244 e. The number of aliphatic hydroxyl groups excluding tert-OH is 2. The number of rotatable bonds is 4. The predicted octanol–water partition coefficient (Wildman–Crippen LogP) is -0.305. The van der Waals surface area contributed by atoms with Crippen molar-refractivity contribution in [3.05, 3.63) is 11.1 Å². The van der Waals surface area contributed by atoms with Crippen LogP contribution in [-0.4, -0.2) is 28.8 Å². The van der Waals surface area contributed by atoms with Crippen molar-refractivity contribution < 1.29 is 15.0 Å². The summed E-state index contributed by atoms with van der Waals surface area (Å²) in [7, 11) is 0. The SMILES string of the molecule is NC(=O)C1=C([C@H](O)CCO)CCC1. The molecule has 0 saturated carbocycles. The number of carbonyl (C=O) groups excluding carboxylic acids is 1. The van der Waals surface area contributed by atoms with Crippen molar-refractivity contribution in [3.8, 4) is 0 Å². The monoisotopic (exact) mass is 185 g/mol. The van der Waals surface area contributed by atoms with Gasteiger partial charge in [0.15, 0.2) is 0 Å². The first kappa shape index (κ1) is 10.2. The molecule has 0 aromatic rings. The van der Waals surface area contributed by atoms with Crippen molar-refractivity contribution in [3.63, 3.8) is 0 Å². The van der Waals surface area contributed by atoms with Gasteiger partial charge in [0.05, 0.1) is 6.10 Å². The molecule has 1 rings (SSSR count). The average molecular weight is 185 g/mol. The van der Waals surface area contributed by atoms with Crippen molar-refractivity contribution in [1.82, 2.24) is 0 Å². The van der Waals surface area contributed by atoms with E-state index < -0.39 is 12.0 Å². The van der Waals surface area contributed by atoms with E-state index in [0.29, 0.717) is 12.0 Å². The van der Waals surface area contributed by atoms with E-state index in [1.165, 1.54) is 0 Å². The lowest BCUT2D eigenvalue weighted by Crippen LogP contribution is -2.19. The van der Waals surface area contributed by atoms with Gasteiger partial charge in [-0.2, -0.15) is 0 Å². The third-order valence-corrected chi connectivity index (χ3v) is 2.36. The van der Waals surface area contributed by atoms with Crippen LogP contribution in [0, 0.1) is 0 Å². The molecule has 0 radical (unpaired) electrons. The first-order valence-electron chi connectivity index (χ1n) is 4.47. The number of carbonyl (C=O) groups is 1. The third kappa shape index (κ3) is 2.29. The van der Waals surface area contributed by atoms with Crippen LogP contribution in [-0.2, 0) is 4.79 Å². The second-order valence-corrected chi connectivity index (χ2v) is 3.25. The molecular weight excluding hydrogens is 170 g/mol. The lowest BCUT2D eigenvalue weighted by molar-refractivity contribution is -0.114. The molecule has 74 valence electrons. The summed E-state index contributed by atoms with van der Waals surface area (Å²) in [6, 6.07) is 0. The van der Waals surface area contributed by atoms with E-state index in [9.17, 15) is 9.90 Å². The quantitative estimate of drug-likeness (QED) is 0.562. The Morgan fingerprint density at radius 1 is 1.54 bits per heavy atom. The number of hydrogen-bond acceptors (Lipinski definition) is 3.